The van der Waals surface area contributed by atoms with Crippen molar-refractivity contribution >= 4 is 11.6 Å². The first-order valence-electron chi connectivity index (χ1n) is 6.85. The number of rotatable bonds is 4. The van der Waals surface area contributed by atoms with Crippen LogP contribution in [0.25, 0.3) is 0 Å². The highest BCUT2D eigenvalue weighted by Gasteiger charge is 2.28. The maximum Gasteiger partial charge on any atom is 0.349 e. The Kier molecular flexibility index (Phi) is 4.36. The molecule has 1 saturated carbocycles. The fraction of sp³-hybridized carbons (Fsp3) is 0.692. The Hall–Kier alpha value is -1.92. The second kappa shape index (κ2) is 6.02. The van der Waals surface area contributed by atoms with Gasteiger partial charge in [0.2, 0.25) is 5.95 Å². The SMILES string of the molecule is CNc1ncc([N+](=O)[O-])c(OC2CC(C)CC(C)C2)n1. The zero-order valence-electron chi connectivity index (χ0n) is 12.0. The molecule has 2 rings (SSSR count). The molecule has 110 valence electrons. The maximum absolute atomic E-state index is 11.0. The summed E-state index contributed by atoms with van der Waals surface area (Å²) < 4.78 is 5.80. The first-order valence-corrected chi connectivity index (χ1v) is 6.85. The van der Waals surface area contributed by atoms with Gasteiger partial charge in [0.1, 0.15) is 12.3 Å². The van der Waals surface area contributed by atoms with Crippen molar-refractivity contribution in [3.63, 3.8) is 0 Å². The number of nitrogens with one attached hydrogen (secondary N) is 1. The third kappa shape index (κ3) is 3.34. The Labute approximate surface area is 117 Å². The monoisotopic (exact) mass is 280 g/mol. The minimum Gasteiger partial charge on any atom is -0.469 e. The van der Waals surface area contributed by atoms with Gasteiger partial charge >= 0.3 is 5.69 Å². The third-order valence-electron chi connectivity index (χ3n) is 3.57. The van der Waals surface area contributed by atoms with Gasteiger partial charge in [0.15, 0.2) is 0 Å². The third-order valence-corrected chi connectivity index (χ3v) is 3.57. The lowest BCUT2D eigenvalue weighted by Crippen LogP contribution is -2.29. The van der Waals surface area contributed by atoms with Crippen LogP contribution in [0.15, 0.2) is 6.20 Å². The molecule has 1 heterocycles. The van der Waals surface area contributed by atoms with E-state index in [4.69, 9.17) is 4.74 Å². The minimum absolute atomic E-state index is 0.0212. The highest BCUT2D eigenvalue weighted by atomic mass is 16.6. The smallest absolute Gasteiger partial charge is 0.349 e. The van der Waals surface area contributed by atoms with Crippen molar-refractivity contribution in [1.82, 2.24) is 9.97 Å². The summed E-state index contributed by atoms with van der Waals surface area (Å²) in [6.45, 7) is 4.36. The van der Waals surface area contributed by atoms with Crippen LogP contribution in [-0.2, 0) is 0 Å². The molecule has 1 aromatic heterocycles. The molecule has 0 radical (unpaired) electrons. The van der Waals surface area contributed by atoms with Gasteiger partial charge in [-0.2, -0.15) is 4.98 Å². The molecule has 1 aromatic rings. The Morgan fingerprint density at radius 3 is 2.55 bits per heavy atom. The number of hydrogen-bond acceptors (Lipinski definition) is 6. The van der Waals surface area contributed by atoms with Crippen LogP contribution in [0.4, 0.5) is 11.6 Å². The molecule has 0 bridgehead atoms. The fourth-order valence-corrected chi connectivity index (χ4v) is 2.82. The van der Waals surface area contributed by atoms with Crippen molar-refractivity contribution in [2.75, 3.05) is 12.4 Å². The lowest BCUT2D eigenvalue weighted by molar-refractivity contribution is -0.386. The van der Waals surface area contributed by atoms with Crippen molar-refractivity contribution in [3.05, 3.63) is 16.3 Å². The van der Waals surface area contributed by atoms with Crippen molar-refractivity contribution < 1.29 is 9.66 Å². The Bertz CT molecular complexity index is 485. The van der Waals surface area contributed by atoms with Crippen LogP contribution in [0.1, 0.15) is 33.1 Å². The average molecular weight is 280 g/mol. The standard InChI is InChI=1S/C13H20N4O3/c1-8-4-9(2)6-10(5-8)20-12-11(17(18)19)7-15-13(14-3)16-12/h7-10H,4-6H2,1-3H3,(H,14,15,16). The molecule has 0 aliphatic heterocycles. The van der Waals surface area contributed by atoms with E-state index >= 15 is 0 Å². The van der Waals surface area contributed by atoms with Gasteiger partial charge in [-0.15, -0.1) is 0 Å². The van der Waals surface area contributed by atoms with Gasteiger partial charge in [-0.1, -0.05) is 13.8 Å². The molecule has 1 aliphatic rings. The first kappa shape index (κ1) is 14.5. The van der Waals surface area contributed by atoms with Gasteiger partial charge < -0.3 is 10.1 Å². The number of aromatic nitrogens is 2. The molecule has 1 N–H and O–H groups in total. The number of nitro groups is 1. The number of ether oxygens (including phenoxy) is 1. The van der Waals surface area contributed by atoms with E-state index in [1.807, 2.05) is 0 Å². The van der Waals surface area contributed by atoms with Crippen LogP contribution in [0, 0.1) is 22.0 Å². The van der Waals surface area contributed by atoms with E-state index in [-0.39, 0.29) is 17.7 Å². The molecule has 0 aromatic carbocycles. The van der Waals surface area contributed by atoms with E-state index < -0.39 is 4.92 Å². The largest absolute Gasteiger partial charge is 0.469 e. The Balaban J connectivity index is 2.20. The van der Waals surface area contributed by atoms with Gasteiger partial charge in [0.05, 0.1) is 4.92 Å². The van der Waals surface area contributed by atoms with Crippen LogP contribution >= 0.6 is 0 Å². The molecule has 20 heavy (non-hydrogen) atoms. The van der Waals surface area contributed by atoms with Gasteiger partial charge in [-0.25, -0.2) is 4.98 Å². The van der Waals surface area contributed by atoms with Gasteiger partial charge in [-0.3, -0.25) is 10.1 Å². The first-order chi connectivity index (χ1) is 9.49. The number of hydrogen-bond donors (Lipinski definition) is 1. The summed E-state index contributed by atoms with van der Waals surface area (Å²) in [5.41, 5.74) is -0.185. The van der Waals surface area contributed by atoms with Crippen molar-refractivity contribution in [2.24, 2.45) is 11.8 Å². The van der Waals surface area contributed by atoms with Crippen LogP contribution in [0.3, 0.4) is 0 Å². The molecule has 7 nitrogen and oxygen atoms in total. The molecule has 1 aliphatic carbocycles. The van der Waals surface area contributed by atoms with Crippen molar-refractivity contribution in [2.45, 2.75) is 39.2 Å². The highest BCUT2D eigenvalue weighted by Crippen LogP contribution is 2.33. The van der Waals surface area contributed by atoms with Gasteiger partial charge in [-0.05, 0) is 31.1 Å². The van der Waals surface area contributed by atoms with Gasteiger partial charge in [0, 0.05) is 7.05 Å². The Morgan fingerprint density at radius 1 is 1.35 bits per heavy atom. The lowest BCUT2D eigenvalue weighted by Gasteiger charge is -2.31. The normalized spacial score (nSPS) is 26.1. The molecule has 2 atom stereocenters. The van der Waals surface area contributed by atoms with E-state index in [1.54, 1.807) is 7.05 Å². The maximum atomic E-state index is 11.0. The summed E-state index contributed by atoms with van der Waals surface area (Å²) in [7, 11) is 1.66. The highest BCUT2D eigenvalue weighted by molar-refractivity contribution is 5.43. The molecule has 0 spiro atoms. The molecule has 2 unspecified atom stereocenters. The van der Waals surface area contributed by atoms with Crippen LogP contribution < -0.4 is 10.1 Å². The van der Waals surface area contributed by atoms with Crippen molar-refractivity contribution in [3.8, 4) is 5.88 Å². The minimum atomic E-state index is -0.509. The van der Waals surface area contributed by atoms with Gasteiger partial charge in [0.25, 0.3) is 5.88 Å². The molecular weight excluding hydrogens is 260 g/mol. The molecule has 0 saturated heterocycles. The van der Waals surface area contributed by atoms with Crippen molar-refractivity contribution in [1.29, 1.82) is 0 Å². The number of nitrogens with zero attached hydrogens (tertiary/aromatic N) is 3. The summed E-state index contributed by atoms with van der Waals surface area (Å²) in [6.07, 6.45) is 4.14. The predicted molar refractivity (Wildman–Crippen MR) is 74.8 cm³/mol. The van der Waals surface area contributed by atoms with E-state index in [9.17, 15) is 10.1 Å². The van der Waals surface area contributed by atoms with E-state index in [0.717, 1.165) is 12.8 Å². The Morgan fingerprint density at radius 2 is 2.00 bits per heavy atom. The second-order valence-electron chi connectivity index (χ2n) is 5.55. The van der Waals surface area contributed by atoms with Crippen LogP contribution in [0.2, 0.25) is 0 Å². The molecule has 1 fully saturated rings. The summed E-state index contributed by atoms with van der Waals surface area (Å²) >= 11 is 0. The summed E-state index contributed by atoms with van der Waals surface area (Å²) in [5.74, 6) is 1.50. The topological polar surface area (TPSA) is 90.2 Å². The zero-order valence-corrected chi connectivity index (χ0v) is 12.0. The fourth-order valence-electron chi connectivity index (χ4n) is 2.82. The lowest BCUT2D eigenvalue weighted by atomic mass is 9.82. The van der Waals surface area contributed by atoms with Crippen LogP contribution in [-0.4, -0.2) is 28.0 Å². The zero-order chi connectivity index (χ0) is 14.7. The molecule has 7 heteroatoms. The van der Waals surface area contributed by atoms with E-state index in [2.05, 4.69) is 29.1 Å². The van der Waals surface area contributed by atoms with E-state index in [1.165, 1.54) is 12.6 Å². The second-order valence-corrected chi connectivity index (χ2v) is 5.55. The molecular formula is C13H20N4O3. The summed E-state index contributed by atoms with van der Waals surface area (Å²) in [6, 6.07) is 0. The molecule has 0 amide bonds. The van der Waals surface area contributed by atoms with E-state index in [0.29, 0.717) is 17.8 Å². The quantitative estimate of drug-likeness (QED) is 0.673. The predicted octanol–water partition coefficient (Wildman–Crippen LogP) is 2.63. The average Bonchev–Trinajstić information content (AvgIpc) is 2.37. The summed E-state index contributed by atoms with van der Waals surface area (Å²) in [4.78, 5) is 18.4. The van der Waals surface area contributed by atoms with Crippen LogP contribution in [0.5, 0.6) is 5.88 Å². The summed E-state index contributed by atoms with van der Waals surface area (Å²) in [5, 5.41) is 13.8. The number of anilines is 1.